The molecule has 0 aliphatic carbocycles. The minimum atomic E-state index is -0.231. The smallest absolute Gasteiger partial charge is 0.231 e. The molecule has 3 rings (SSSR count). The van der Waals surface area contributed by atoms with Crippen molar-refractivity contribution in [2.75, 3.05) is 29.5 Å². The number of aryl methyl sites for hydroxylation is 1. The molecule has 1 aliphatic rings. The molecule has 2 aromatic rings. The average Bonchev–Trinajstić information content (AvgIpc) is 2.83. The number of benzene rings is 2. The Morgan fingerprint density at radius 1 is 1.07 bits per heavy atom. The Morgan fingerprint density at radius 2 is 1.79 bits per heavy atom. The van der Waals surface area contributed by atoms with Crippen molar-refractivity contribution in [1.29, 1.82) is 0 Å². The van der Waals surface area contributed by atoms with E-state index in [-0.39, 0.29) is 11.8 Å². The van der Waals surface area contributed by atoms with Crippen LogP contribution in [0.2, 0.25) is 0 Å². The van der Waals surface area contributed by atoms with Crippen LogP contribution in [0.1, 0.15) is 32.3 Å². The predicted octanol–water partition coefficient (Wildman–Crippen LogP) is 4.05. The molecule has 0 spiro atoms. The van der Waals surface area contributed by atoms with E-state index in [0.717, 1.165) is 42.8 Å². The van der Waals surface area contributed by atoms with Gasteiger partial charge in [-0.25, -0.2) is 0 Å². The Hall–Kier alpha value is -2.82. The molecule has 0 saturated heterocycles. The number of carbonyl (C=O) groups excluding carboxylic acids is 2. The largest absolute Gasteiger partial charge is 0.494 e. The summed E-state index contributed by atoms with van der Waals surface area (Å²) in [5, 5.41) is 0. The first-order chi connectivity index (χ1) is 13.6. The fourth-order valence-electron chi connectivity index (χ4n) is 3.51. The fourth-order valence-corrected chi connectivity index (χ4v) is 3.51. The van der Waals surface area contributed by atoms with Crippen LogP contribution in [-0.4, -0.2) is 32.0 Å². The van der Waals surface area contributed by atoms with E-state index in [1.807, 2.05) is 48.2 Å². The number of unbranched alkanes of at least 4 members (excludes halogenated alkanes) is 1. The quantitative estimate of drug-likeness (QED) is 0.513. The van der Waals surface area contributed by atoms with Crippen LogP contribution in [0, 0.1) is 5.92 Å². The number of anilines is 2. The molecule has 28 heavy (non-hydrogen) atoms. The van der Waals surface area contributed by atoms with Gasteiger partial charge in [0.15, 0.2) is 0 Å². The Labute approximate surface area is 166 Å². The molecule has 1 heterocycles. The van der Waals surface area contributed by atoms with Gasteiger partial charge in [0, 0.05) is 13.1 Å². The van der Waals surface area contributed by atoms with Crippen molar-refractivity contribution in [1.82, 2.24) is 0 Å². The number of nitrogens with zero attached hydrogens (tertiary/aromatic N) is 2. The monoisotopic (exact) mass is 380 g/mol. The summed E-state index contributed by atoms with van der Waals surface area (Å²) in [7, 11) is 0. The first kappa shape index (κ1) is 19.9. The van der Waals surface area contributed by atoms with Gasteiger partial charge in [-0.1, -0.05) is 38.1 Å². The van der Waals surface area contributed by atoms with Crippen LogP contribution in [0.15, 0.2) is 48.5 Å². The normalized spacial score (nSPS) is 16.5. The molecule has 0 saturated carbocycles. The Bertz CT molecular complexity index is 804. The molecular formula is C23H28N2O3. The Kier molecular flexibility index (Phi) is 6.69. The summed E-state index contributed by atoms with van der Waals surface area (Å²) in [6.07, 6.45) is 3.52. The molecule has 2 aromatic carbocycles. The van der Waals surface area contributed by atoms with E-state index in [1.165, 1.54) is 5.56 Å². The minimum Gasteiger partial charge on any atom is -0.494 e. The van der Waals surface area contributed by atoms with E-state index in [1.54, 1.807) is 4.90 Å². The summed E-state index contributed by atoms with van der Waals surface area (Å²) in [4.78, 5) is 27.8. The highest BCUT2D eigenvalue weighted by molar-refractivity contribution is 6.02. The van der Waals surface area contributed by atoms with Crippen LogP contribution in [-0.2, 0) is 16.0 Å². The SMILES string of the molecule is CCc1ccc(OCCCCN2C(=O)C(C)CN(C=O)c3ccccc32)cc1. The lowest BCUT2D eigenvalue weighted by Gasteiger charge is -2.24. The maximum Gasteiger partial charge on any atom is 0.231 e. The lowest BCUT2D eigenvalue weighted by molar-refractivity contribution is -0.121. The second-order valence-corrected chi connectivity index (χ2v) is 7.19. The third-order valence-corrected chi connectivity index (χ3v) is 5.14. The molecule has 5 heteroatoms. The third kappa shape index (κ3) is 4.53. The highest BCUT2D eigenvalue weighted by Crippen LogP contribution is 2.33. The van der Waals surface area contributed by atoms with Crippen LogP contribution in [0.5, 0.6) is 5.75 Å². The van der Waals surface area contributed by atoms with Crippen molar-refractivity contribution < 1.29 is 14.3 Å². The number of carbonyl (C=O) groups is 2. The van der Waals surface area contributed by atoms with Crippen LogP contribution in [0.4, 0.5) is 11.4 Å². The molecule has 0 fully saturated rings. The van der Waals surface area contributed by atoms with Crippen molar-refractivity contribution in [2.45, 2.75) is 33.1 Å². The number of amides is 2. The molecular weight excluding hydrogens is 352 g/mol. The predicted molar refractivity (Wildman–Crippen MR) is 112 cm³/mol. The Morgan fingerprint density at radius 3 is 2.46 bits per heavy atom. The molecule has 148 valence electrons. The molecule has 1 aliphatic heterocycles. The molecule has 0 N–H and O–H groups in total. The number of hydrogen-bond acceptors (Lipinski definition) is 3. The zero-order valence-corrected chi connectivity index (χ0v) is 16.6. The van der Waals surface area contributed by atoms with Gasteiger partial charge in [-0.05, 0) is 49.1 Å². The highest BCUT2D eigenvalue weighted by Gasteiger charge is 2.30. The first-order valence-electron chi connectivity index (χ1n) is 9.98. The average molecular weight is 380 g/mol. The lowest BCUT2D eigenvalue weighted by atomic mass is 10.1. The van der Waals surface area contributed by atoms with E-state index in [9.17, 15) is 9.59 Å². The van der Waals surface area contributed by atoms with Gasteiger partial charge in [-0.15, -0.1) is 0 Å². The van der Waals surface area contributed by atoms with E-state index in [4.69, 9.17) is 4.74 Å². The molecule has 5 nitrogen and oxygen atoms in total. The van der Waals surface area contributed by atoms with Crippen LogP contribution >= 0.6 is 0 Å². The second kappa shape index (κ2) is 9.40. The summed E-state index contributed by atoms with van der Waals surface area (Å²) >= 11 is 0. The van der Waals surface area contributed by atoms with Gasteiger partial charge >= 0.3 is 0 Å². The summed E-state index contributed by atoms with van der Waals surface area (Å²) in [6, 6.07) is 15.8. The molecule has 2 amide bonds. The van der Waals surface area contributed by atoms with Gasteiger partial charge in [0.25, 0.3) is 0 Å². The molecule has 0 aromatic heterocycles. The number of ether oxygens (including phenoxy) is 1. The number of fused-ring (bicyclic) bond motifs is 1. The van der Waals surface area contributed by atoms with E-state index in [2.05, 4.69) is 19.1 Å². The summed E-state index contributed by atoms with van der Waals surface area (Å²) in [5.74, 6) is 0.711. The zero-order chi connectivity index (χ0) is 19.9. The molecule has 0 bridgehead atoms. The minimum absolute atomic E-state index is 0.0628. The van der Waals surface area contributed by atoms with Crippen molar-refractivity contribution in [2.24, 2.45) is 5.92 Å². The van der Waals surface area contributed by atoms with Gasteiger partial charge in [0.1, 0.15) is 5.75 Å². The van der Waals surface area contributed by atoms with Gasteiger partial charge in [-0.3, -0.25) is 9.59 Å². The van der Waals surface area contributed by atoms with Crippen molar-refractivity contribution >= 4 is 23.7 Å². The van der Waals surface area contributed by atoms with Crippen LogP contribution < -0.4 is 14.5 Å². The summed E-state index contributed by atoms with van der Waals surface area (Å²) < 4.78 is 5.81. The third-order valence-electron chi connectivity index (χ3n) is 5.14. The molecule has 1 atom stereocenters. The lowest BCUT2D eigenvalue weighted by Crippen LogP contribution is -2.37. The van der Waals surface area contributed by atoms with Crippen LogP contribution in [0.25, 0.3) is 0 Å². The number of para-hydroxylation sites is 2. The van der Waals surface area contributed by atoms with E-state index < -0.39 is 0 Å². The maximum absolute atomic E-state index is 12.9. The molecule has 0 radical (unpaired) electrons. The standard InChI is InChI=1S/C23H28N2O3/c1-3-19-10-12-20(13-11-19)28-15-7-6-14-25-22-9-5-4-8-21(22)24(17-26)16-18(2)23(25)27/h4-5,8-13,17-18H,3,6-7,14-16H2,1-2H3. The topological polar surface area (TPSA) is 49.9 Å². The van der Waals surface area contributed by atoms with Crippen LogP contribution in [0.3, 0.4) is 0 Å². The van der Waals surface area contributed by atoms with E-state index in [0.29, 0.717) is 19.7 Å². The van der Waals surface area contributed by atoms with Crippen molar-refractivity contribution in [3.63, 3.8) is 0 Å². The van der Waals surface area contributed by atoms with Crippen molar-refractivity contribution in [3.05, 3.63) is 54.1 Å². The second-order valence-electron chi connectivity index (χ2n) is 7.19. The zero-order valence-electron chi connectivity index (χ0n) is 16.6. The number of rotatable bonds is 8. The maximum atomic E-state index is 12.9. The highest BCUT2D eigenvalue weighted by atomic mass is 16.5. The number of hydrogen-bond donors (Lipinski definition) is 0. The van der Waals surface area contributed by atoms with Crippen molar-refractivity contribution in [3.8, 4) is 5.75 Å². The summed E-state index contributed by atoms with van der Waals surface area (Å²) in [5.41, 5.74) is 2.90. The fraction of sp³-hybridized carbons (Fsp3) is 0.391. The Balaban J connectivity index is 1.58. The first-order valence-corrected chi connectivity index (χ1v) is 9.98. The summed E-state index contributed by atoms with van der Waals surface area (Å²) in [6.45, 7) is 5.65. The van der Waals surface area contributed by atoms with Gasteiger partial charge in [-0.2, -0.15) is 0 Å². The van der Waals surface area contributed by atoms with Gasteiger partial charge in [0.05, 0.1) is 23.9 Å². The van der Waals surface area contributed by atoms with E-state index >= 15 is 0 Å². The van der Waals surface area contributed by atoms with Gasteiger partial charge in [0.2, 0.25) is 12.3 Å². The molecule has 1 unspecified atom stereocenters. The van der Waals surface area contributed by atoms with Gasteiger partial charge < -0.3 is 14.5 Å².